The topological polar surface area (TPSA) is 67.4 Å². The van der Waals surface area contributed by atoms with E-state index in [2.05, 4.69) is 0 Å². The Morgan fingerprint density at radius 3 is 1.53 bits per heavy atom. The summed E-state index contributed by atoms with van der Waals surface area (Å²) in [5, 5.41) is 0.258. The molecule has 0 bridgehead atoms. The van der Waals surface area contributed by atoms with Gasteiger partial charge in [0.25, 0.3) is 11.7 Å². The van der Waals surface area contributed by atoms with Gasteiger partial charge in [0.15, 0.2) is 5.11 Å². The van der Waals surface area contributed by atoms with E-state index in [1.807, 2.05) is 0 Å². The molecular weight excluding hydrogens is 270 g/mol. The molecule has 0 aromatic heterocycles. The summed E-state index contributed by atoms with van der Waals surface area (Å²) in [5.41, 5.74) is 0. The van der Waals surface area contributed by atoms with Gasteiger partial charge in [0.1, 0.15) is 0 Å². The number of rotatable bonds is 0. The molecule has 0 N–H and O–H groups in total. The van der Waals surface area contributed by atoms with Crippen molar-refractivity contribution in [2.75, 3.05) is 35.2 Å². The molecule has 2 aliphatic heterocycles. The Balaban J connectivity index is 2.64. The van der Waals surface area contributed by atoms with Crippen molar-refractivity contribution in [1.82, 2.24) is 24.5 Å². The van der Waals surface area contributed by atoms with Crippen LogP contribution in [-0.2, 0) is 4.79 Å². The molecule has 5 amide bonds. The van der Waals surface area contributed by atoms with Gasteiger partial charge in [-0.25, -0.2) is 14.5 Å². The van der Waals surface area contributed by atoms with Crippen LogP contribution < -0.4 is 0 Å². The van der Waals surface area contributed by atoms with Crippen LogP contribution in [0, 0.1) is 0 Å². The van der Waals surface area contributed by atoms with Crippen LogP contribution in [0.25, 0.3) is 0 Å². The van der Waals surface area contributed by atoms with Crippen LogP contribution >= 0.6 is 12.2 Å². The molecule has 0 atom stereocenters. The van der Waals surface area contributed by atoms with E-state index in [0.717, 1.165) is 4.90 Å². The van der Waals surface area contributed by atoms with Crippen molar-refractivity contribution in [2.45, 2.75) is 5.79 Å². The van der Waals surface area contributed by atoms with Crippen molar-refractivity contribution in [1.29, 1.82) is 0 Å². The highest BCUT2D eigenvalue weighted by Crippen LogP contribution is 2.35. The third kappa shape index (κ3) is 1.28. The molecule has 104 valence electrons. The number of thiocarbonyl (C=S) groups is 1. The maximum atomic E-state index is 12.5. The molecule has 1 spiro atoms. The van der Waals surface area contributed by atoms with Gasteiger partial charge in [0.05, 0.1) is 0 Å². The molecule has 2 heterocycles. The average Bonchev–Trinajstić information content (AvgIpc) is 2.56. The minimum absolute atomic E-state index is 0.258. The van der Waals surface area contributed by atoms with E-state index in [9.17, 15) is 14.4 Å². The highest BCUT2D eigenvalue weighted by molar-refractivity contribution is 7.80. The number of imide groups is 1. The predicted molar refractivity (Wildman–Crippen MR) is 69.9 cm³/mol. The molecule has 0 unspecified atom stereocenters. The largest absolute Gasteiger partial charge is 0.331 e. The van der Waals surface area contributed by atoms with Crippen molar-refractivity contribution in [3.8, 4) is 0 Å². The van der Waals surface area contributed by atoms with Gasteiger partial charge >= 0.3 is 12.1 Å². The summed E-state index contributed by atoms with van der Waals surface area (Å²) in [7, 11) is 7.41. The quantitative estimate of drug-likeness (QED) is 0.555. The maximum Gasteiger partial charge on any atom is 0.331 e. The zero-order valence-corrected chi connectivity index (χ0v) is 12.2. The van der Waals surface area contributed by atoms with Crippen LogP contribution in [0.15, 0.2) is 0 Å². The van der Waals surface area contributed by atoms with Gasteiger partial charge in [-0.05, 0) is 12.2 Å². The molecule has 0 aromatic carbocycles. The fourth-order valence-corrected chi connectivity index (χ4v) is 2.78. The monoisotopic (exact) mass is 285 g/mol. The van der Waals surface area contributed by atoms with Crippen molar-refractivity contribution in [3.63, 3.8) is 0 Å². The minimum atomic E-state index is -1.52. The first-order valence-corrected chi connectivity index (χ1v) is 5.95. The van der Waals surface area contributed by atoms with Crippen LogP contribution in [-0.4, -0.2) is 88.6 Å². The molecule has 2 aliphatic rings. The fraction of sp³-hybridized carbons (Fsp3) is 0.600. The Labute approximate surface area is 116 Å². The van der Waals surface area contributed by atoms with Crippen molar-refractivity contribution >= 4 is 35.3 Å². The number of urea groups is 2. The zero-order valence-electron chi connectivity index (χ0n) is 11.4. The van der Waals surface area contributed by atoms with E-state index in [1.54, 1.807) is 7.05 Å². The second-order valence-corrected chi connectivity index (χ2v) is 4.95. The molecule has 0 aliphatic carbocycles. The van der Waals surface area contributed by atoms with E-state index < -0.39 is 23.8 Å². The van der Waals surface area contributed by atoms with Crippen LogP contribution in [0.4, 0.5) is 9.59 Å². The number of hydrogen-bond acceptors (Lipinski definition) is 4. The van der Waals surface area contributed by atoms with E-state index in [0.29, 0.717) is 0 Å². The number of carbonyl (C=O) groups is 3. The SMILES string of the molecule is CN1C(=O)N(C)C2(C(=O)N(C)C(=S)N2C)N(C)C1=O. The van der Waals surface area contributed by atoms with Gasteiger partial charge in [0, 0.05) is 35.2 Å². The van der Waals surface area contributed by atoms with E-state index >= 15 is 0 Å². The van der Waals surface area contributed by atoms with E-state index in [-0.39, 0.29) is 5.11 Å². The smallest absolute Gasteiger partial charge is 0.303 e. The third-order valence-electron chi connectivity index (χ3n) is 3.72. The van der Waals surface area contributed by atoms with Crippen LogP contribution in [0.5, 0.6) is 0 Å². The van der Waals surface area contributed by atoms with Crippen LogP contribution in [0.1, 0.15) is 0 Å². The Morgan fingerprint density at radius 2 is 1.21 bits per heavy atom. The van der Waals surface area contributed by atoms with E-state index in [4.69, 9.17) is 12.2 Å². The summed E-state index contributed by atoms with van der Waals surface area (Å²) < 4.78 is 0. The summed E-state index contributed by atoms with van der Waals surface area (Å²) in [5.74, 6) is -1.95. The highest BCUT2D eigenvalue weighted by Gasteiger charge is 2.64. The minimum Gasteiger partial charge on any atom is -0.303 e. The maximum absolute atomic E-state index is 12.5. The van der Waals surface area contributed by atoms with Crippen molar-refractivity contribution in [3.05, 3.63) is 0 Å². The fourth-order valence-electron chi connectivity index (χ4n) is 2.57. The molecule has 9 heteroatoms. The molecule has 0 saturated carbocycles. The van der Waals surface area contributed by atoms with Crippen LogP contribution in [0.2, 0.25) is 0 Å². The van der Waals surface area contributed by atoms with Gasteiger partial charge in [0.2, 0.25) is 0 Å². The standard InChI is InChI=1S/C10H15N5O3S/c1-11-6(16)10(15(5)9(11)19)13(3)7(17)12(2)8(18)14(10)4/h1-5H3. The summed E-state index contributed by atoms with van der Waals surface area (Å²) >= 11 is 5.15. The molecule has 2 fully saturated rings. The summed E-state index contributed by atoms with van der Waals surface area (Å²) in [6, 6.07) is -1.11. The van der Waals surface area contributed by atoms with Crippen molar-refractivity contribution < 1.29 is 14.4 Å². The molecule has 2 rings (SSSR count). The summed E-state index contributed by atoms with van der Waals surface area (Å²) in [6.07, 6.45) is 0. The number of carbonyl (C=O) groups excluding carboxylic acids is 3. The zero-order chi connectivity index (χ0) is 14.7. The van der Waals surface area contributed by atoms with Crippen LogP contribution in [0.3, 0.4) is 0 Å². The van der Waals surface area contributed by atoms with E-state index in [1.165, 1.54) is 47.8 Å². The van der Waals surface area contributed by atoms with Gasteiger partial charge in [-0.1, -0.05) is 0 Å². The Bertz CT molecular complexity index is 485. The lowest BCUT2D eigenvalue weighted by atomic mass is 10.2. The molecule has 2 saturated heterocycles. The second kappa shape index (κ2) is 3.80. The van der Waals surface area contributed by atoms with Gasteiger partial charge in [-0.2, -0.15) is 0 Å². The molecule has 19 heavy (non-hydrogen) atoms. The van der Waals surface area contributed by atoms with Gasteiger partial charge < -0.3 is 4.90 Å². The number of hydrogen-bond donors (Lipinski definition) is 0. The van der Waals surface area contributed by atoms with Gasteiger partial charge in [-0.3, -0.25) is 19.5 Å². The lowest BCUT2D eigenvalue weighted by Gasteiger charge is -2.51. The predicted octanol–water partition coefficient (Wildman–Crippen LogP) is -0.622. The molecular formula is C10H15N5O3S. The second-order valence-electron chi connectivity index (χ2n) is 4.58. The Hall–Kier alpha value is -1.90. The number of amides is 5. The van der Waals surface area contributed by atoms with Crippen molar-refractivity contribution in [2.24, 2.45) is 0 Å². The lowest BCUT2D eigenvalue weighted by molar-refractivity contribution is -0.154. The Morgan fingerprint density at radius 1 is 0.789 bits per heavy atom. The summed E-state index contributed by atoms with van der Waals surface area (Å²) in [6.45, 7) is 0. The average molecular weight is 285 g/mol. The summed E-state index contributed by atoms with van der Waals surface area (Å²) in [4.78, 5) is 42.8. The first kappa shape index (κ1) is 13.5. The molecule has 0 aromatic rings. The first-order chi connectivity index (χ1) is 8.68. The molecule has 8 nitrogen and oxygen atoms in total. The van der Waals surface area contributed by atoms with Gasteiger partial charge in [-0.15, -0.1) is 0 Å². The lowest BCUT2D eigenvalue weighted by Crippen LogP contribution is -2.77. The molecule has 0 radical (unpaired) electrons. The number of nitrogens with zero attached hydrogens (tertiary/aromatic N) is 5. The first-order valence-electron chi connectivity index (χ1n) is 5.54. The third-order valence-corrected chi connectivity index (χ3v) is 4.26. The Kier molecular flexibility index (Phi) is 2.70. The normalized spacial score (nSPS) is 23.3. The highest BCUT2D eigenvalue weighted by atomic mass is 32.1. The number of likely N-dealkylation sites (N-methyl/N-ethyl adjacent to an activating group) is 4.